The summed E-state index contributed by atoms with van der Waals surface area (Å²) >= 11 is 0. The molecule has 38 heavy (non-hydrogen) atoms. The van der Waals surface area contributed by atoms with E-state index in [0.717, 1.165) is 18.2 Å². The van der Waals surface area contributed by atoms with Gasteiger partial charge in [-0.05, 0) is 54.6 Å². The summed E-state index contributed by atoms with van der Waals surface area (Å²) in [5.41, 5.74) is -1.09. The number of halogens is 3. The standard InChI is InChI=1S/C26H25F3N2O6S/c1-4-14-37-21-10-8-19(9-11-21)30-25(32)17-31(20-7-5-6-18(15-20)26(27,28)29)38(33,34)22-12-13-23(35-2)24(16-22)36-3/h4-13,15-16H,1,14,17H2,2-3H3,(H,30,32). The van der Waals surface area contributed by atoms with Crippen molar-refractivity contribution in [2.24, 2.45) is 0 Å². The zero-order valence-electron chi connectivity index (χ0n) is 20.5. The van der Waals surface area contributed by atoms with E-state index in [4.69, 9.17) is 14.2 Å². The van der Waals surface area contributed by atoms with Gasteiger partial charge in [0.2, 0.25) is 5.91 Å². The molecule has 1 amide bonds. The van der Waals surface area contributed by atoms with Gasteiger partial charge in [-0.15, -0.1) is 0 Å². The van der Waals surface area contributed by atoms with Gasteiger partial charge in [0, 0.05) is 11.8 Å². The SMILES string of the molecule is C=CCOc1ccc(NC(=O)CN(c2cccc(C(F)(F)F)c2)S(=O)(=O)c2ccc(OC)c(OC)c2)cc1. The minimum atomic E-state index is -4.73. The molecule has 0 aliphatic heterocycles. The molecule has 1 N–H and O–H groups in total. The van der Waals surface area contributed by atoms with Crippen molar-refractivity contribution in [1.82, 2.24) is 0 Å². The second-order valence-corrected chi connectivity index (χ2v) is 9.61. The third kappa shape index (κ3) is 6.76. The summed E-state index contributed by atoms with van der Waals surface area (Å²) in [6.07, 6.45) is -3.16. The maximum absolute atomic E-state index is 13.6. The third-order valence-corrected chi connectivity index (χ3v) is 6.97. The Morgan fingerprint density at radius 3 is 2.29 bits per heavy atom. The van der Waals surface area contributed by atoms with Crippen LogP contribution in [0.3, 0.4) is 0 Å². The van der Waals surface area contributed by atoms with Crippen molar-refractivity contribution >= 4 is 27.3 Å². The number of methoxy groups -OCH3 is 2. The molecule has 8 nitrogen and oxygen atoms in total. The minimum Gasteiger partial charge on any atom is -0.493 e. The summed E-state index contributed by atoms with van der Waals surface area (Å²) in [7, 11) is -1.87. The van der Waals surface area contributed by atoms with Crippen LogP contribution in [0.1, 0.15) is 5.56 Å². The van der Waals surface area contributed by atoms with Gasteiger partial charge < -0.3 is 19.5 Å². The molecule has 12 heteroatoms. The highest BCUT2D eigenvalue weighted by Crippen LogP contribution is 2.35. The molecule has 3 aromatic rings. The lowest BCUT2D eigenvalue weighted by Crippen LogP contribution is -2.38. The van der Waals surface area contributed by atoms with Gasteiger partial charge in [-0.3, -0.25) is 9.10 Å². The summed E-state index contributed by atoms with van der Waals surface area (Å²) in [4.78, 5) is 12.6. The average molecular weight is 551 g/mol. The fourth-order valence-electron chi connectivity index (χ4n) is 3.38. The highest BCUT2D eigenvalue weighted by Gasteiger charge is 2.33. The predicted molar refractivity (Wildman–Crippen MR) is 136 cm³/mol. The molecule has 0 bridgehead atoms. The van der Waals surface area contributed by atoms with Crippen molar-refractivity contribution in [2.75, 3.05) is 37.0 Å². The lowest BCUT2D eigenvalue weighted by atomic mass is 10.2. The van der Waals surface area contributed by atoms with Gasteiger partial charge in [0.05, 0.1) is 30.4 Å². The molecule has 3 aromatic carbocycles. The first-order chi connectivity index (χ1) is 18.0. The topological polar surface area (TPSA) is 94.2 Å². The fraction of sp³-hybridized carbons (Fsp3) is 0.192. The highest BCUT2D eigenvalue weighted by molar-refractivity contribution is 7.92. The molecule has 0 aromatic heterocycles. The van der Waals surface area contributed by atoms with E-state index in [1.807, 2.05) is 0 Å². The number of sulfonamides is 1. The molecule has 0 saturated carbocycles. The number of hydrogen-bond acceptors (Lipinski definition) is 6. The Kier molecular flexibility index (Phi) is 8.89. The highest BCUT2D eigenvalue weighted by atomic mass is 32.2. The maximum atomic E-state index is 13.6. The van der Waals surface area contributed by atoms with Crippen LogP contribution in [-0.4, -0.2) is 41.7 Å². The Bertz CT molecular complexity index is 1390. The lowest BCUT2D eigenvalue weighted by Gasteiger charge is -2.25. The van der Waals surface area contributed by atoms with Gasteiger partial charge >= 0.3 is 6.18 Å². The van der Waals surface area contributed by atoms with Crippen molar-refractivity contribution < 1.29 is 40.6 Å². The van der Waals surface area contributed by atoms with E-state index in [-0.39, 0.29) is 28.7 Å². The molecule has 0 radical (unpaired) electrons. The molecule has 0 aliphatic rings. The largest absolute Gasteiger partial charge is 0.493 e. The van der Waals surface area contributed by atoms with Gasteiger partial charge in [0.15, 0.2) is 11.5 Å². The van der Waals surface area contributed by atoms with Crippen molar-refractivity contribution in [2.45, 2.75) is 11.1 Å². The number of hydrogen-bond donors (Lipinski definition) is 1. The smallest absolute Gasteiger partial charge is 0.416 e. The third-order valence-electron chi connectivity index (χ3n) is 5.20. The van der Waals surface area contributed by atoms with E-state index in [9.17, 15) is 26.4 Å². The van der Waals surface area contributed by atoms with Gasteiger partial charge in [-0.1, -0.05) is 18.7 Å². The minimum absolute atomic E-state index is 0.0841. The Balaban J connectivity index is 1.98. The van der Waals surface area contributed by atoms with E-state index < -0.39 is 34.2 Å². The number of nitrogens with one attached hydrogen (secondary N) is 1. The van der Waals surface area contributed by atoms with Gasteiger partial charge in [0.1, 0.15) is 18.9 Å². The van der Waals surface area contributed by atoms with Gasteiger partial charge in [0.25, 0.3) is 10.0 Å². The Morgan fingerprint density at radius 2 is 1.68 bits per heavy atom. The van der Waals surface area contributed by atoms with Gasteiger partial charge in [-0.2, -0.15) is 13.2 Å². The normalized spacial score (nSPS) is 11.4. The van der Waals surface area contributed by atoms with Crippen LogP contribution in [-0.2, 0) is 21.0 Å². The predicted octanol–water partition coefficient (Wildman–Crippen LogP) is 5.12. The van der Waals surface area contributed by atoms with Crippen LogP contribution in [0, 0.1) is 0 Å². The number of rotatable bonds is 11. The second kappa shape index (κ2) is 11.9. The first-order valence-electron chi connectivity index (χ1n) is 11.0. The lowest BCUT2D eigenvalue weighted by molar-refractivity contribution is -0.137. The van der Waals surface area contributed by atoms with Crippen molar-refractivity contribution in [3.63, 3.8) is 0 Å². The Labute approximate surface area is 218 Å². The molecule has 0 unspecified atom stereocenters. The molecular weight excluding hydrogens is 525 g/mol. The quantitative estimate of drug-likeness (QED) is 0.333. The summed E-state index contributed by atoms with van der Waals surface area (Å²) in [6, 6.07) is 13.7. The van der Waals surface area contributed by atoms with Crippen molar-refractivity contribution in [3.05, 3.63) is 84.9 Å². The van der Waals surface area contributed by atoms with E-state index in [0.29, 0.717) is 21.8 Å². The monoisotopic (exact) mass is 550 g/mol. The Morgan fingerprint density at radius 1 is 1.00 bits per heavy atom. The molecule has 0 saturated heterocycles. The first-order valence-corrected chi connectivity index (χ1v) is 12.5. The van der Waals surface area contributed by atoms with Crippen LogP contribution in [0.25, 0.3) is 0 Å². The van der Waals surface area contributed by atoms with Crippen LogP contribution < -0.4 is 23.8 Å². The number of anilines is 2. The number of benzene rings is 3. The second-order valence-electron chi connectivity index (χ2n) is 7.75. The van der Waals surface area contributed by atoms with Crippen LogP contribution in [0.15, 0.2) is 84.3 Å². The summed E-state index contributed by atoms with van der Waals surface area (Å²) in [6.45, 7) is 3.02. The fourth-order valence-corrected chi connectivity index (χ4v) is 4.81. The summed E-state index contributed by atoms with van der Waals surface area (Å²) in [5, 5.41) is 2.55. The number of alkyl halides is 3. The number of amides is 1. The first kappa shape index (κ1) is 28.4. The molecule has 0 spiro atoms. The molecule has 0 heterocycles. The van der Waals surface area contributed by atoms with E-state index >= 15 is 0 Å². The molecule has 202 valence electrons. The summed E-state index contributed by atoms with van der Waals surface area (Å²) in [5.74, 6) is 0.0619. The number of nitrogens with zero attached hydrogens (tertiary/aromatic N) is 1. The Hall–Kier alpha value is -4.19. The number of carbonyl (C=O) groups excluding carboxylic acids is 1. The zero-order chi connectivity index (χ0) is 27.9. The van der Waals surface area contributed by atoms with Crippen LogP contribution in [0.4, 0.5) is 24.5 Å². The summed E-state index contributed by atoms with van der Waals surface area (Å²) < 4.78 is 83.7. The van der Waals surface area contributed by atoms with E-state index in [1.54, 1.807) is 18.2 Å². The van der Waals surface area contributed by atoms with E-state index in [1.165, 1.54) is 44.6 Å². The molecule has 3 rings (SSSR count). The van der Waals surface area contributed by atoms with Crippen molar-refractivity contribution in [1.29, 1.82) is 0 Å². The number of ether oxygens (including phenoxy) is 3. The van der Waals surface area contributed by atoms with E-state index in [2.05, 4.69) is 11.9 Å². The molecule has 0 fully saturated rings. The average Bonchev–Trinajstić information content (AvgIpc) is 2.90. The van der Waals surface area contributed by atoms with Crippen LogP contribution in [0.5, 0.6) is 17.2 Å². The molecular formula is C26H25F3N2O6S. The van der Waals surface area contributed by atoms with Crippen LogP contribution in [0.2, 0.25) is 0 Å². The van der Waals surface area contributed by atoms with Crippen molar-refractivity contribution in [3.8, 4) is 17.2 Å². The van der Waals surface area contributed by atoms with Crippen LogP contribution >= 0.6 is 0 Å². The zero-order valence-corrected chi connectivity index (χ0v) is 21.3. The maximum Gasteiger partial charge on any atom is 0.416 e. The number of carbonyl (C=O) groups is 1. The van der Waals surface area contributed by atoms with Gasteiger partial charge in [-0.25, -0.2) is 8.42 Å². The molecule has 0 aliphatic carbocycles. The molecule has 0 atom stereocenters.